The van der Waals surface area contributed by atoms with E-state index in [0.717, 1.165) is 4.47 Å². The van der Waals surface area contributed by atoms with E-state index in [0.29, 0.717) is 40.4 Å². The zero-order valence-electron chi connectivity index (χ0n) is 10.9. The largest absolute Gasteiger partial charge is 0.486 e. The van der Waals surface area contributed by atoms with Crippen LogP contribution in [0.1, 0.15) is 10.4 Å². The Morgan fingerprint density at radius 1 is 1.00 bits per heavy atom. The minimum Gasteiger partial charge on any atom is -0.486 e. The van der Waals surface area contributed by atoms with Crippen molar-refractivity contribution in [3.63, 3.8) is 0 Å². The highest BCUT2D eigenvalue weighted by Crippen LogP contribution is 2.36. The van der Waals surface area contributed by atoms with Crippen LogP contribution in [0.3, 0.4) is 0 Å². The third-order valence-corrected chi connectivity index (χ3v) is 4.35. The number of para-hydroxylation sites is 1. The number of carbonyl (C=O) groups excluding carboxylic acids is 1. The molecule has 0 saturated heterocycles. The van der Waals surface area contributed by atoms with Gasteiger partial charge in [0.2, 0.25) is 0 Å². The molecule has 1 aliphatic heterocycles. The molecule has 3 rings (SSSR count). The number of ether oxygens (including phenoxy) is 2. The van der Waals surface area contributed by atoms with Crippen molar-refractivity contribution in [1.29, 1.82) is 0 Å². The predicted molar refractivity (Wildman–Crippen MR) is 87.2 cm³/mol. The average Bonchev–Trinajstić information content (AvgIpc) is 2.49. The summed E-state index contributed by atoms with van der Waals surface area (Å²) in [5.41, 5.74) is 1.21. The van der Waals surface area contributed by atoms with Gasteiger partial charge in [0, 0.05) is 8.95 Å². The highest BCUT2D eigenvalue weighted by molar-refractivity contribution is 9.11. The first-order valence-corrected chi connectivity index (χ1v) is 7.89. The second kappa shape index (κ2) is 6.07. The molecule has 6 heteroatoms. The summed E-state index contributed by atoms with van der Waals surface area (Å²) in [7, 11) is 0. The summed E-state index contributed by atoms with van der Waals surface area (Å²) in [6.07, 6.45) is 0. The van der Waals surface area contributed by atoms with Crippen LogP contribution in [-0.2, 0) is 0 Å². The Labute approximate surface area is 138 Å². The molecule has 1 N–H and O–H groups in total. The van der Waals surface area contributed by atoms with E-state index in [1.807, 2.05) is 24.3 Å². The first kappa shape index (κ1) is 14.4. The Kier molecular flexibility index (Phi) is 4.17. The Morgan fingerprint density at radius 3 is 2.38 bits per heavy atom. The summed E-state index contributed by atoms with van der Waals surface area (Å²) >= 11 is 6.80. The van der Waals surface area contributed by atoms with Crippen molar-refractivity contribution in [3.05, 3.63) is 50.9 Å². The van der Waals surface area contributed by atoms with Crippen molar-refractivity contribution in [2.75, 3.05) is 18.5 Å². The molecule has 0 radical (unpaired) electrons. The van der Waals surface area contributed by atoms with Crippen LogP contribution in [0.25, 0.3) is 0 Å². The molecule has 1 amide bonds. The molecule has 0 fully saturated rings. The first-order valence-electron chi connectivity index (χ1n) is 6.30. The Morgan fingerprint density at radius 2 is 1.67 bits per heavy atom. The highest BCUT2D eigenvalue weighted by Gasteiger charge is 2.19. The van der Waals surface area contributed by atoms with E-state index < -0.39 is 0 Å². The fourth-order valence-electron chi connectivity index (χ4n) is 1.99. The van der Waals surface area contributed by atoms with Crippen molar-refractivity contribution in [1.82, 2.24) is 0 Å². The van der Waals surface area contributed by atoms with Gasteiger partial charge < -0.3 is 14.8 Å². The van der Waals surface area contributed by atoms with Crippen molar-refractivity contribution in [3.8, 4) is 11.5 Å². The van der Waals surface area contributed by atoms with Crippen molar-refractivity contribution in [2.45, 2.75) is 0 Å². The van der Waals surface area contributed by atoms with E-state index in [9.17, 15) is 4.79 Å². The molecule has 0 aliphatic carbocycles. The zero-order valence-corrected chi connectivity index (χ0v) is 14.0. The molecular weight excluding hydrogens is 402 g/mol. The SMILES string of the molecule is O=C(Nc1ccccc1Br)c1cc2c(cc1Br)OCCO2. The Bertz CT molecular complexity index is 703. The van der Waals surface area contributed by atoms with Crippen LogP contribution in [-0.4, -0.2) is 19.1 Å². The van der Waals surface area contributed by atoms with Crippen LogP contribution in [0.2, 0.25) is 0 Å². The van der Waals surface area contributed by atoms with Gasteiger partial charge in [0.15, 0.2) is 11.5 Å². The maximum absolute atomic E-state index is 12.4. The molecule has 0 atom stereocenters. The number of hydrogen-bond donors (Lipinski definition) is 1. The van der Waals surface area contributed by atoms with Gasteiger partial charge in [-0.3, -0.25) is 4.79 Å². The van der Waals surface area contributed by atoms with Crippen molar-refractivity contribution in [2.24, 2.45) is 0 Å². The number of rotatable bonds is 2. The average molecular weight is 413 g/mol. The molecular formula is C15H11Br2NO3. The third-order valence-electron chi connectivity index (χ3n) is 3.00. The molecule has 0 bridgehead atoms. The van der Waals surface area contributed by atoms with Crippen molar-refractivity contribution >= 4 is 43.5 Å². The summed E-state index contributed by atoms with van der Waals surface area (Å²) in [5, 5.41) is 2.86. The Hall–Kier alpha value is -1.53. The maximum Gasteiger partial charge on any atom is 0.256 e. The van der Waals surface area contributed by atoms with Gasteiger partial charge in [0.05, 0.1) is 11.3 Å². The lowest BCUT2D eigenvalue weighted by Gasteiger charge is -2.19. The minimum atomic E-state index is -0.217. The monoisotopic (exact) mass is 411 g/mol. The highest BCUT2D eigenvalue weighted by atomic mass is 79.9. The molecule has 21 heavy (non-hydrogen) atoms. The molecule has 2 aromatic carbocycles. The molecule has 0 spiro atoms. The van der Waals surface area contributed by atoms with Crippen molar-refractivity contribution < 1.29 is 14.3 Å². The van der Waals surface area contributed by atoms with E-state index in [-0.39, 0.29) is 5.91 Å². The molecule has 1 heterocycles. The lowest BCUT2D eigenvalue weighted by molar-refractivity contribution is 0.102. The van der Waals surface area contributed by atoms with Gasteiger partial charge >= 0.3 is 0 Å². The minimum absolute atomic E-state index is 0.217. The van der Waals surface area contributed by atoms with Gasteiger partial charge in [-0.1, -0.05) is 12.1 Å². The van der Waals surface area contributed by atoms with E-state index in [1.165, 1.54) is 0 Å². The van der Waals surface area contributed by atoms with Gasteiger partial charge in [-0.05, 0) is 56.1 Å². The van der Waals surface area contributed by atoms with E-state index in [2.05, 4.69) is 37.2 Å². The number of benzene rings is 2. The van der Waals surface area contributed by atoms with Gasteiger partial charge in [0.1, 0.15) is 13.2 Å². The van der Waals surface area contributed by atoms with Gasteiger partial charge in [-0.15, -0.1) is 0 Å². The van der Waals surface area contributed by atoms with Gasteiger partial charge in [-0.25, -0.2) is 0 Å². The normalized spacial score (nSPS) is 12.9. The number of hydrogen-bond acceptors (Lipinski definition) is 3. The lowest BCUT2D eigenvalue weighted by Crippen LogP contribution is -2.18. The summed E-state index contributed by atoms with van der Waals surface area (Å²) in [6, 6.07) is 10.9. The topological polar surface area (TPSA) is 47.6 Å². The molecule has 108 valence electrons. The van der Waals surface area contributed by atoms with Crippen LogP contribution < -0.4 is 14.8 Å². The molecule has 4 nitrogen and oxygen atoms in total. The molecule has 1 aliphatic rings. The third kappa shape index (κ3) is 3.06. The van der Waals surface area contributed by atoms with Crippen LogP contribution in [0, 0.1) is 0 Å². The Balaban J connectivity index is 1.89. The second-order valence-electron chi connectivity index (χ2n) is 4.41. The number of nitrogens with one attached hydrogen (secondary N) is 1. The molecule has 0 unspecified atom stereocenters. The van der Waals surface area contributed by atoms with Crippen LogP contribution in [0.4, 0.5) is 5.69 Å². The summed E-state index contributed by atoms with van der Waals surface area (Å²) in [4.78, 5) is 12.4. The summed E-state index contributed by atoms with van der Waals surface area (Å²) < 4.78 is 12.5. The zero-order chi connectivity index (χ0) is 14.8. The number of carbonyl (C=O) groups is 1. The maximum atomic E-state index is 12.4. The lowest BCUT2D eigenvalue weighted by atomic mass is 10.1. The predicted octanol–water partition coefficient (Wildman–Crippen LogP) is 4.24. The van der Waals surface area contributed by atoms with E-state index >= 15 is 0 Å². The number of anilines is 1. The van der Waals surface area contributed by atoms with E-state index in [1.54, 1.807) is 12.1 Å². The fraction of sp³-hybridized carbons (Fsp3) is 0.133. The number of halogens is 2. The molecule has 2 aromatic rings. The second-order valence-corrected chi connectivity index (χ2v) is 6.12. The van der Waals surface area contributed by atoms with Crippen LogP contribution in [0.5, 0.6) is 11.5 Å². The summed E-state index contributed by atoms with van der Waals surface area (Å²) in [6.45, 7) is 1.00. The number of fused-ring (bicyclic) bond motifs is 1. The van der Waals surface area contributed by atoms with Gasteiger partial charge in [-0.2, -0.15) is 0 Å². The van der Waals surface area contributed by atoms with Crippen LogP contribution in [0.15, 0.2) is 45.3 Å². The standard InChI is InChI=1S/C15H11Br2NO3/c16-10-3-1-2-4-12(10)18-15(19)9-7-13-14(8-11(9)17)21-6-5-20-13/h1-4,7-8H,5-6H2,(H,18,19). The number of amides is 1. The first-order chi connectivity index (χ1) is 10.1. The molecule has 0 aromatic heterocycles. The quantitative estimate of drug-likeness (QED) is 0.802. The molecule has 0 saturated carbocycles. The smallest absolute Gasteiger partial charge is 0.256 e. The fourth-order valence-corrected chi connectivity index (χ4v) is 2.88. The van der Waals surface area contributed by atoms with Gasteiger partial charge in [0.25, 0.3) is 5.91 Å². The van der Waals surface area contributed by atoms with Crippen LogP contribution >= 0.6 is 31.9 Å². The summed E-state index contributed by atoms with van der Waals surface area (Å²) in [5.74, 6) is 1.01. The van der Waals surface area contributed by atoms with E-state index in [4.69, 9.17) is 9.47 Å².